The van der Waals surface area contributed by atoms with Gasteiger partial charge in [0.05, 0.1) is 18.0 Å². The van der Waals surface area contributed by atoms with Crippen LogP contribution >= 0.6 is 11.3 Å². The van der Waals surface area contributed by atoms with Gasteiger partial charge in [-0.2, -0.15) is 0 Å². The first kappa shape index (κ1) is 13.5. The molecule has 0 unspecified atom stereocenters. The third-order valence-corrected chi connectivity index (χ3v) is 3.64. The zero-order valence-electron chi connectivity index (χ0n) is 10.4. The smallest absolute Gasteiger partial charge is 0.232 e. The van der Waals surface area contributed by atoms with Crippen molar-refractivity contribution in [2.45, 2.75) is 13.3 Å². The molecule has 0 spiro atoms. The van der Waals surface area contributed by atoms with Crippen LogP contribution in [-0.2, 0) is 20.8 Å². The molecule has 1 aliphatic rings. The van der Waals surface area contributed by atoms with Crippen LogP contribution in [0.3, 0.4) is 0 Å². The van der Waals surface area contributed by atoms with Crippen LogP contribution in [0.25, 0.3) is 0 Å². The van der Waals surface area contributed by atoms with Crippen molar-refractivity contribution in [1.29, 1.82) is 0 Å². The summed E-state index contributed by atoms with van der Waals surface area (Å²) < 4.78 is 0. The number of primary amides is 1. The van der Waals surface area contributed by atoms with Crippen molar-refractivity contribution in [3.8, 4) is 0 Å². The zero-order chi connectivity index (χ0) is 14.0. The van der Waals surface area contributed by atoms with E-state index in [1.54, 1.807) is 10.3 Å². The predicted molar refractivity (Wildman–Crippen MR) is 69.4 cm³/mol. The van der Waals surface area contributed by atoms with Crippen LogP contribution in [-0.4, -0.2) is 40.7 Å². The number of nitrogens with one attached hydrogen (secondary N) is 1. The topological polar surface area (TPSA) is 105 Å². The molecule has 1 aromatic heterocycles. The Labute approximate surface area is 113 Å². The average molecular weight is 282 g/mol. The SMILES string of the molecule is CC(=O)N1CC(C(=O)Nc2nc(CC(N)=O)cs2)C1. The van der Waals surface area contributed by atoms with E-state index in [4.69, 9.17) is 5.73 Å². The van der Waals surface area contributed by atoms with Gasteiger partial charge in [-0.25, -0.2) is 4.98 Å². The molecular formula is C11H14N4O3S. The number of hydrogen-bond donors (Lipinski definition) is 2. The summed E-state index contributed by atoms with van der Waals surface area (Å²) in [5, 5.41) is 4.81. The van der Waals surface area contributed by atoms with E-state index in [0.29, 0.717) is 23.9 Å². The van der Waals surface area contributed by atoms with Crippen molar-refractivity contribution in [3.63, 3.8) is 0 Å². The molecule has 1 aromatic rings. The van der Waals surface area contributed by atoms with Crippen LogP contribution in [0.1, 0.15) is 12.6 Å². The molecule has 19 heavy (non-hydrogen) atoms. The van der Waals surface area contributed by atoms with E-state index in [0.717, 1.165) is 0 Å². The highest BCUT2D eigenvalue weighted by Crippen LogP contribution is 2.20. The highest BCUT2D eigenvalue weighted by molar-refractivity contribution is 7.13. The van der Waals surface area contributed by atoms with Crippen LogP contribution in [0, 0.1) is 5.92 Å². The summed E-state index contributed by atoms with van der Waals surface area (Å²) in [6.07, 6.45) is 0.0634. The largest absolute Gasteiger partial charge is 0.369 e. The molecule has 1 aliphatic heterocycles. The number of likely N-dealkylation sites (tertiary alicyclic amines) is 1. The summed E-state index contributed by atoms with van der Waals surface area (Å²) in [6.45, 7) is 2.37. The number of amides is 3. The van der Waals surface area contributed by atoms with Gasteiger partial charge < -0.3 is 16.0 Å². The minimum atomic E-state index is -0.459. The fraction of sp³-hybridized carbons (Fsp3) is 0.455. The lowest BCUT2D eigenvalue weighted by atomic mass is 9.99. The Bertz CT molecular complexity index is 522. The van der Waals surface area contributed by atoms with Crippen molar-refractivity contribution in [2.24, 2.45) is 11.7 Å². The Kier molecular flexibility index (Phi) is 3.79. The summed E-state index contributed by atoms with van der Waals surface area (Å²) in [7, 11) is 0. The molecule has 0 aliphatic carbocycles. The van der Waals surface area contributed by atoms with Crippen molar-refractivity contribution in [1.82, 2.24) is 9.88 Å². The average Bonchev–Trinajstić information content (AvgIpc) is 2.61. The van der Waals surface area contributed by atoms with Gasteiger partial charge in [-0.15, -0.1) is 11.3 Å². The Morgan fingerprint density at radius 1 is 1.53 bits per heavy atom. The first-order valence-electron chi connectivity index (χ1n) is 5.75. The molecule has 8 heteroatoms. The first-order chi connectivity index (χ1) is 8.95. The molecule has 3 N–H and O–H groups in total. The van der Waals surface area contributed by atoms with Gasteiger partial charge in [0.1, 0.15) is 0 Å². The highest BCUT2D eigenvalue weighted by Gasteiger charge is 2.34. The summed E-state index contributed by atoms with van der Waals surface area (Å²) >= 11 is 1.25. The maximum Gasteiger partial charge on any atom is 0.232 e. The Morgan fingerprint density at radius 2 is 2.21 bits per heavy atom. The van der Waals surface area contributed by atoms with Crippen molar-refractivity contribution in [2.75, 3.05) is 18.4 Å². The second-order valence-electron chi connectivity index (χ2n) is 4.40. The van der Waals surface area contributed by atoms with Gasteiger partial charge in [0.15, 0.2) is 5.13 Å². The van der Waals surface area contributed by atoms with E-state index in [9.17, 15) is 14.4 Å². The lowest BCUT2D eigenvalue weighted by Crippen LogP contribution is -2.53. The molecule has 0 bridgehead atoms. The van der Waals surface area contributed by atoms with E-state index in [2.05, 4.69) is 10.3 Å². The molecule has 3 amide bonds. The van der Waals surface area contributed by atoms with Crippen molar-refractivity contribution >= 4 is 34.2 Å². The van der Waals surface area contributed by atoms with Gasteiger partial charge in [-0.1, -0.05) is 0 Å². The second-order valence-corrected chi connectivity index (χ2v) is 5.26. The third kappa shape index (κ3) is 3.28. The lowest BCUT2D eigenvalue weighted by molar-refractivity contribution is -0.139. The predicted octanol–water partition coefficient (Wildman–Crippen LogP) is -0.412. The summed E-state index contributed by atoms with van der Waals surface area (Å²) in [6, 6.07) is 0. The van der Waals surface area contributed by atoms with Crippen LogP contribution in [0.15, 0.2) is 5.38 Å². The molecule has 0 atom stereocenters. The fourth-order valence-electron chi connectivity index (χ4n) is 1.73. The second kappa shape index (κ2) is 5.35. The number of rotatable bonds is 4. The monoisotopic (exact) mass is 282 g/mol. The maximum atomic E-state index is 11.8. The van der Waals surface area contributed by atoms with Crippen molar-refractivity contribution in [3.05, 3.63) is 11.1 Å². The minimum Gasteiger partial charge on any atom is -0.369 e. The van der Waals surface area contributed by atoms with Gasteiger partial charge in [-0.05, 0) is 0 Å². The maximum absolute atomic E-state index is 11.8. The lowest BCUT2D eigenvalue weighted by Gasteiger charge is -2.37. The van der Waals surface area contributed by atoms with E-state index < -0.39 is 5.91 Å². The van der Waals surface area contributed by atoms with Gasteiger partial charge in [0, 0.05) is 25.4 Å². The molecule has 1 fully saturated rings. The Hall–Kier alpha value is -1.96. The van der Waals surface area contributed by atoms with Crippen LogP contribution in [0.5, 0.6) is 0 Å². The first-order valence-corrected chi connectivity index (χ1v) is 6.62. The number of hydrogen-bond acceptors (Lipinski definition) is 5. The van der Waals surface area contributed by atoms with E-state index in [1.165, 1.54) is 18.3 Å². The number of carbonyl (C=O) groups is 3. The normalized spacial score (nSPS) is 14.9. The van der Waals surface area contributed by atoms with Crippen LogP contribution in [0.4, 0.5) is 5.13 Å². The van der Waals surface area contributed by atoms with Crippen LogP contribution in [0.2, 0.25) is 0 Å². The number of nitrogens with two attached hydrogens (primary N) is 1. The summed E-state index contributed by atoms with van der Waals surface area (Å²) in [4.78, 5) is 39.2. The third-order valence-electron chi connectivity index (χ3n) is 2.83. The van der Waals surface area contributed by atoms with E-state index >= 15 is 0 Å². The molecule has 2 heterocycles. The molecule has 7 nitrogen and oxygen atoms in total. The molecule has 2 rings (SSSR count). The van der Waals surface area contributed by atoms with Gasteiger partial charge in [0.25, 0.3) is 0 Å². The van der Waals surface area contributed by atoms with Gasteiger partial charge in [0.2, 0.25) is 17.7 Å². The zero-order valence-corrected chi connectivity index (χ0v) is 11.2. The number of aromatic nitrogens is 1. The standard InChI is InChI=1S/C11H14N4O3S/c1-6(16)15-3-7(4-15)10(18)14-11-13-8(5-19-11)2-9(12)17/h5,7H,2-4H2,1H3,(H2,12,17)(H,13,14,18). The molecule has 0 saturated carbocycles. The minimum absolute atomic E-state index is 0.0259. The molecular weight excluding hydrogens is 268 g/mol. The van der Waals surface area contributed by atoms with Crippen molar-refractivity contribution < 1.29 is 14.4 Å². The molecule has 1 saturated heterocycles. The molecule has 102 valence electrons. The number of thiazole rings is 1. The highest BCUT2D eigenvalue weighted by atomic mass is 32.1. The Morgan fingerprint density at radius 3 is 2.79 bits per heavy atom. The molecule has 0 radical (unpaired) electrons. The van der Waals surface area contributed by atoms with Gasteiger partial charge in [-0.3, -0.25) is 14.4 Å². The molecule has 0 aromatic carbocycles. The Balaban J connectivity index is 1.85. The number of carbonyl (C=O) groups excluding carboxylic acids is 3. The van der Waals surface area contributed by atoms with E-state index in [1.807, 2.05) is 0 Å². The summed E-state index contributed by atoms with van der Waals surface area (Å²) in [5.74, 6) is -0.828. The summed E-state index contributed by atoms with van der Waals surface area (Å²) in [5.41, 5.74) is 5.61. The fourth-order valence-corrected chi connectivity index (χ4v) is 2.45. The number of nitrogens with zero attached hydrogens (tertiary/aromatic N) is 2. The number of anilines is 1. The van der Waals surface area contributed by atoms with Crippen LogP contribution < -0.4 is 11.1 Å². The van der Waals surface area contributed by atoms with E-state index in [-0.39, 0.29) is 24.2 Å². The van der Waals surface area contributed by atoms with Gasteiger partial charge >= 0.3 is 0 Å². The quantitative estimate of drug-likeness (QED) is 0.783.